The molecule has 0 spiro atoms. The number of carbonyl (C=O) groups is 1. The summed E-state index contributed by atoms with van der Waals surface area (Å²) in [6, 6.07) is 17.7. The van der Waals surface area contributed by atoms with Crippen LogP contribution >= 0.6 is 0 Å². The second kappa shape index (κ2) is 6.43. The Morgan fingerprint density at radius 1 is 1.12 bits per heavy atom. The number of nitrogens with two attached hydrogens (primary N) is 1. The molecule has 0 atom stereocenters. The Kier molecular flexibility index (Phi) is 3.98. The number of nitrogen functional groups attached to an aromatic ring is 1. The molecule has 2 aromatic carbocycles. The van der Waals surface area contributed by atoms with Crippen LogP contribution in [0.1, 0.15) is 30.0 Å². The fourth-order valence-electron chi connectivity index (χ4n) is 2.91. The van der Waals surface area contributed by atoms with Crippen molar-refractivity contribution in [1.29, 1.82) is 0 Å². The quantitative estimate of drug-likeness (QED) is 0.623. The van der Waals surface area contributed by atoms with Crippen LogP contribution in [0.2, 0.25) is 0 Å². The monoisotopic (exact) mass is 332 g/mol. The molecule has 4 N–H and O–H groups in total. The van der Waals surface area contributed by atoms with E-state index in [-0.39, 0.29) is 5.91 Å². The number of aromatic nitrogens is 2. The molecular formula is C20H20N4O. The van der Waals surface area contributed by atoms with E-state index in [2.05, 4.69) is 15.5 Å². The lowest BCUT2D eigenvalue weighted by molar-refractivity contribution is -0.115. The maximum atomic E-state index is 12.2. The molecule has 25 heavy (non-hydrogen) atoms. The maximum Gasteiger partial charge on any atom is 0.229 e. The Labute approximate surface area is 146 Å². The van der Waals surface area contributed by atoms with E-state index in [1.54, 1.807) is 0 Å². The molecule has 0 aliphatic heterocycles. The van der Waals surface area contributed by atoms with Gasteiger partial charge in [-0.15, -0.1) is 0 Å². The van der Waals surface area contributed by atoms with Gasteiger partial charge < -0.3 is 11.1 Å². The first-order valence-electron chi connectivity index (χ1n) is 8.47. The second-order valence-electron chi connectivity index (χ2n) is 6.53. The van der Waals surface area contributed by atoms with E-state index in [0.717, 1.165) is 28.1 Å². The molecule has 1 fully saturated rings. The van der Waals surface area contributed by atoms with Crippen LogP contribution in [0.5, 0.6) is 0 Å². The minimum atomic E-state index is -0.0643. The Bertz CT molecular complexity index is 894. The van der Waals surface area contributed by atoms with Gasteiger partial charge in [0, 0.05) is 23.4 Å². The summed E-state index contributed by atoms with van der Waals surface area (Å²) in [4.78, 5) is 12.2. The van der Waals surface area contributed by atoms with Gasteiger partial charge in [0.1, 0.15) is 0 Å². The van der Waals surface area contributed by atoms with E-state index < -0.39 is 0 Å². The summed E-state index contributed by atoms with van der Waals surface area (Å²) in [6.45, 7) is 0. The summed E-state index contributed by atoms with van der Waals surface area (Å²) in [5.74, 6) is 1.13. The fraction of sp³-hybridized carbons (Fsp3) is 0.200. The van der Waals surface area contributed by atoms with Crippen LogP contribution in [-0.4, -0.2) is 16.1 Å². The summed E-state index contributed by atoms with van der Waals surface area (Å²) >= 11 is 0. The maximum absolute atomic E-state index is 12.2. The van der Waals surface area contributed by atoms with Crippen LogP contribution in [-0.2, 0) is 11.2 Å². The fourth-order valence-corrected chi connectivity index (χ4v) is 2.91. The minimum absolute atomic E-state index is 0.0643. The van der Waals surface area contributed by atoms with Crippen molar-refractivity contribution < 1.29 is 4.79 Å². The zero-order valence-corrected chi connectivity index (χ0v) is 13.8. The molecule has 4 rings (SSSR count). The Balaban J connectivity index is 1.39. The molecule has 5 heteroatoms. The Morgan fingerprint density at radius 3 is 2.64 bits per heavy atom. The molecule has 1 aliphatic rings. The number of hydrogen-bond acceptors (Lipinski definition) is 3. The third-order valence-corrected chi connectivity index (χ3v) is 4.42. The first-order valence-corrected chi connectivity index (χ1v) is 8.47. The average Bonchev–Trinajstić information content (AvgIpc) is 3.35. The summed E-state index contributed by atoms with van der Waals surface area (Å²) in [5, 5.41) is 9.99. The molecule has 3 aromatic rings. The lowest BCUT2D eigenvalue weighted by Gasteiger charge is -2.06. The van der Waals surface area contributed by atoms with E-state index in [4.69, 9.17) is 5.73 Å². The average molecular weight is 332 g/mol. The van der Waals surface area contributed by atoms with Gasteiger partial charge in [0.05, 0.1) is 6.42 Å². The summed E-state index contributed by atoms with van der Waals surface area (Å²) in [7, 11) is 0. The van der Waals surface area contributed by atoms with Crippen LogP contribution in [0.25, 0.3) is 11.1 Å². The number of H-pyrrole nitrogens is 1. The number of amides is 1. The van der Waals surface area contributed by atoms with Crippen molar-refractivity contribution in [2.24, 2.45) is 0 Å². The second-order valence-corrected chi connectivity index (χ2v) is 6.53. The largest absolute Gasteiger partial charge is 0.399 e. The zero-order valence-electron chi connectivity index (χ0n) is 13.8. The molecule has 0 radical (unpaired) electrons. The van der Waals surface area contributed by atoms with Gasteiger partial charge in [0.2, 0.25) is 5.91 Å². The van der Waals surface area contributed by atoms with Crippen molar-refractivity contribution in [2.75, 3.05) is 11.1 Å². The molecule has 5 nitrogen and oxygen atoms in total. The first kappa shape index (κ1) is 15.4. The summed E-state index contributed by atoms with van der Waals surface area (Å²) < 4.78 is 0. The standard InChI is InChI=1S/C20H20N4O/c21-17-3-1-2-16(11-17)14-6-4-13(5-7-14)10-20(25)22-19-12-18(23-24-19)15-8-9-15/h1-7,11-12,15H,8-10,21H2,(H2,22,23,24,25). The van der Waals surface area contributed by atoms with Gasteiger partial charge in [-0.3, -0.25) is 9.89 Å². The Morgan fingerprint density at radius 2 is 1.92 bits per heavy atom. The highest BCUT2D eigenvalue weighted by molar-refractivity contribution is 5.91. The van der Waals surface area contributed by atoms with Crippen molar-refractivity contribution in [1.82, 2.24) is 10.2 Å². The summed E-state index contributed by atoms with van der Waals surface area (Å²) in [6.07, 6.45) is 2.73. The molecule has 1 aromatic heterocycles. The molecule has 1 amide bonds. The van der Waals surface area contributed by atoms with Crippen molar-refractivity contribution in [3.05, 3.63) is 65.9 Å². The van der Waals surface area contributed by atoms with Gasteiger partial charge in [-0.25, -0.2) is 0 Å². The van der Waals surface area contributed by atoms with E-state index in [1.807, 2.05) is 54.6 Å². The van der Waals surface area contributed by atoms with Crippen LogP contribution < -0.4 is 11.1 Å². The van der Waals surface area contributed by atoms with Crippen LogP contribution in [0.15, 0.2) is 54.6 Å². The molecule has 0 saturated heterocycles. The van der Waals surface area contributed by atoms with Gasteiger partial charge in [0.25, 0.3) is 0 Å². The number of benzene rings is 2. The number of anilines is 2. The number of nitrogens with zero attached hydrogens (tertiary/aromatic N) is 1. The molecule has 0 unspecified atom stereocenters. The van der Waals surface area contributed by atoms with E-state index >= 15 is 0 Å². The predicted molar refractivity (Wildman–Crippen MR) is 99.2 cm³/mol. The van der Waals surface area contributed by atoms with Gasteiger partial charge >= 0.3 is 0 Å². The lowest BCUT2D eigenvalue weighted by atomic mass is 10.0. The van der Waals surface area contributed by atoms with Gasteiger partial charge in [-0.1, -0.05) is 36.4 Å². The molecule has 0 bridgehead atoms. The molecule has 1 heterocycles. The topological polar surface area (TPSA) is 83.8 Å². The molecule has 1 aliphatic carbocycles. The van der Waals surface area contributed by atoms with E-state index in [0.29, 0.717) is 18.2 Å². The number of nitrogens with one attached hydrogen (secondary N) is 2. The van der Waals surface area contributed by atoms with Crippen LogP contribution in [0.4, 0.5) is 11.5 Å². The minimum Gasteiger partial charge on any atom is -0.399 e. The number of rotatable bonds is 5. The van der Waals surface area contributed by atoms with E-state index in [1.165, 1.54) is 12.8 Å². The number of aromatic amines is 1. The highest BCUT2D eigenvalue weighted by atomic mass is 16.1. The molecular weight excluding hydrogens is 312 g/mol. The van der Waals surface area contributed by atoms with Crippen LogP contribution in [0, 0.1) is 0 Å². The molecule has 1 saturated carbocycles. The predicted octanol–water partition coefficient (Wildman–Crippen LogP) is 3.72. The highest BCUT2D eigenvalue weighted by Crippen LogP contribution is 2.39. The van der Waals surface area contributed by atoms with Gasteiger partial charge in [0.15, 0.2) is 5.82 Å². The van der Waals surface area contributed by atoms with E-state index in [9.17, 15) is 4.79 Å². The van der Waals surface area contributed by atoms with Crippen molar-refractivity contribution in [3.63, 3.8) is 0 Å². The van der Waals surface area contributed by atoms with Gasteiger partial charge in [-0.2, -0.15) is 5.10 Å². The van der Waals surface area contributed by atoms with Crippen molar-refractivity contribution in [3.8, 4) is 11.1 Å². The number of carbonyl (C=O) groups excluding carboxylic acids is 1. The normalized spacial score (nSPS) is 13.6. The van der Waals surface area contributed by atoms with Crippen LogP contribution in [0.3, 0.4) is 0 Å². The lowest BCUT2D eigenvalue weighted by Crippen LogP contribution is -2.14. The Hall–Kier alpha value is -3.08. The number of hydrogen-bond donors (Lipinski definition) is 3. The highest BCUT2D eigenvalue weighted by Gasteiger charge is 2.25. The van der Waals surface area contributed by atoms with Gasteiger partial charge in [-0.05, 0) is 41.7 Å². The third kappa shape index (κ3) is 3.71. The summed E-state index contributed by atoms with van der Waals surface area (Å²) in [5.41, 5.74) is 10.8. The first-order chi connectivity index (χ1) is 12.2. The zero-order chi connectivity index (χ0) is 17.2. The molecule has 126 valence electrons. The smallest absolute Gasteiger partial charge is 0.229 e. The van der Waals surface area contributed by atoms with Crippen molar-refractivity contribution in [2.45, 2.75) is 25.2 Å². The third-order valence-electron chi connectivity index (χ3n) is 4.42. The SMILES string of the molecule is Nc1cccc(-c2ccc(CC(=O)Nc3cc(C4CC4)[nH]n3)cc2)c1. The van der Waals surface area contributed by atoms with Crippen molar-refractivity contribution >= 4 is 17.4 Å².